The molecule has 0 aromatic carbocycles. The minimum absolute atomic E-state index is 0.317. The van der Waals surface area contributed by atoms with E-state index >= 15 is 0 Å². The highest BCUT2D eigenvalue weighted by Gasteiger charge is 2.29. The average Bonchev–Trinajstić information content (AvgIpc) is 1.82. The van der Waals surface area contributed by atoms with E-state index in [0.717, 1.165) is 20.0 Å². The van der Waals surface area contributed by atoms with E-state index in [0.29, 0.717) is 11.1 Å². The second kappa shape index (κ2) is 1.61. The van der Waals surface area contributed by atoms with Gasteiger partial charge in [-0.25, -0.2) is 0 Å². The maximum absolute atomic E-state index is 10.7. The van der Waals surface area contributed by atoms with Crippen LogP contribution in [-0.4, -0.2) is 13.0 Å². The molecule has 1 nitrogen and oxygen atoms in total. The van der Waals surface area contributed by atoms with Crippen LogP contribution in [0.5, 0.6) is 0 Å². The highest BCUT2D eigenvalue weighted by atomic mass is 16.1. The van der Waals surface area contributed by atoms with Crippen molar-refractivity contribution in [2.45, 2.75) is 26.6 Å². The Morgan fingerprint density at radius 3 is 2.38 bits per heavy atom. The summed E-state index contributed by atoms with van der Waals surface area (Å²) in [5, 5.41) is 0. The maximum Gasteiger partial charge on any atom is 0.205 e. The summed E-state index contributed by atoms with van der Waals surface area (Å²) in [5.41, 5.74) is 0.756. The maximum atomic E-state index is 10.7. The zero-order valence-electron chi connectivity index (χ0n) is 5.53. The lowest BCUT2D eigenvalue weighted by Gasteiger charge is -2.13. The summed E-state index contributed by atoms with van der Waals surface area (Å²) in [7, 11) is 0.812. The van der Waals surface area contributed by atoms with Gasteiger partial charge in [0, 0.05) is 6.42 Å². The van der Waals surface area contributed by atoms with E-state index in [1.54, 1.807) is 0 Å². The lowest BCUT2D eigenvalue weighted by Crippen LogP contribution is -2.03. The summed E-state index contributed by atoms with van der Waals surface area (Å²) in [5.74, 6) is 0. The van der Waals surface area contributed by atoms with Crippen LogP contribution >= 0.6 is 0 Å². The van der Waals surface area contributed by atoms with Crippen molar-refractivity contribution < 1.29 is 4.79 Å². The molecule has 1 aliphatic heterocycles. The van der Waals surface area contributed by atoms with Crippen molar-refractivity contribution in [3.05, 3.63) is 0 Å². The summed E-state index contributed by atoms with van der Waals surface area (Å²) in [6.07, 6.45) is 1.89. The molecule has 0 radical (unpaired) electrons. The van der Waals surface area contributed by atoms with Gasteiger partial charge in [-0.2, -0.15) is 0 Å². The van der Waals surface area contributed by atoms with Crippen LogP contribution in [-0.2, 0) is 4.79 Å². The summed E-state index contributed by atoms with van der Waals surface area (Å²) in [6.45, 7) is 4.30. The topological polar surface area (TPSA) is 17.1 Å². The Bertz CT molecular complexity index is 118. The fourth-order valence-electron chi connectivity index (χ4n) is 1.19. The van der Waals surface area contributed by atoms with Gasteiger partial charge >= 0.3 is 0 Å². The predicted octanol–water partition coefficient (Wildman–Crippen LogP) is 0.798. The molecule has 8 heavy (non-hydrogen) atoms. The van der Waals surface area contributed by atoms with Crippen LogP contribution in [0.2, 0.25) is 6.32 Å². The molecular weight excluding hydrogens is 98.9 g/mol. The molecule has 0 aromatic heterocycles. The summed E-state index contributed by atoms with van der Waals surface area (Å²) < 4.78 is 0. The van der Waals surface area contributed by atoms with E-state index in [9.17, 15) is 4.79 Å². The number of carbonyl (C=O) groups excluding carboxylic acids is 1. The quantitative estimate of drug-likeness (QED) is 0.421. The largest absolute Gasteiger partial charge is 0.312 e. The Labute approximate surface area is 50.7 Å². The van der Waals surface area contributed by atoms with Crippen molar-refractivity contribution in [2.75, 3.05) is 0 Å². The molecule has 1 heterocycles. The molecule has 1 saturated heterocycles. The number of hydrogen-bond acceptors (Lipinski definition) is 1. The molecule has 1 fully saturated rings. The first-order valence-electron chi connectivity index (χ1n) is 3.12. The van der Waals surface area contributed by atoms with Crippen LogP contribution in [0.1, 0.15) is 20.3 Å². The number of carbonyl (C=O) groups is 1. The highest BCUT2D eigenvalue weighted by Crippen LogP contribution is 2.30. The van der Waals surface area contributed by atoms with Gasteiger partial charge in [0.1, 0.15) is 0 Å². The Kier molecular flexibility index (Phi) is 1.18. The number of hydrogen-bond donors (Lipinski definition) is 0. The van der Waals surface area contributed by atoms with Crippen LogP contribution < -0.4 is 0 Å². The average molecular weight is 110 g/mol. The standard InChI is InChI=1S/C6H11BO/c1-6(2)3-5(8)7-4-6/h7H,3-4H2,1-2H3. The molecule has 44 valence electrons. The molecule has 0 saturated carbocycles. The van der Waals surface area contributed by atoms with E-state index in [1.807, 2.05) is 0 Å². The van der Waals surface area contributed by atoms with E-state index in [2.05, 4.69) is 13.8 Å². The van der Waals surface area contributed by atoms with Crippen molar-refractivity contribution >= 4 is 13.0 Å². The van der Waals surface area contributed by atoms with Gasteiger partial charge in [0.05, 0.1) is 5.68 Å². The minimum atomic E-state index is 0.317. The van der Waals surface area contributed by atoms with Crippen molar-refractivity contribution in [2.24, 2.45) is 5.41 Å². The SMILES string of the molecule is CC1(C)CBC(=O)C1. The molecule has 0 N–H and O–H groups in total. The fourth-order valence-corrected chi connectivity index (χ4v) is 1.19. The zero-order valence-corrected chi connectivity index (χ0v) is 5.53. The summed E-state index contributed by atoms with van der Waals surface area (Å²) in [4.78, 5) is 10.7. The molecule has 0 unspecified atom stereocenters. The van der Waals surface area contributed by atoms with Gasteiger partial charge in [-0.05, 0) is 5.41 Å². The monoisotopic (exact) mass is 110 g/mol. The zero-order chi connectivity index (χ0) is 6.20. The second-order valence-electron chi connectivity index (χ2n) is 3.38. The normalized spacial score (nSPS) is 25.5. The van der Waals surface area contributed by atoms with Crippen molar-refractivity contribution in [3.8, 4) is 0 Å². The third-order valence-electron chi connectivity index (χ3n) is 1.76. The van der Waals surface area contributed by atoms with Crippen LogP contribution in [0.15, 0.2) is 0 Å². The van der Waals surface area contributed by atoms with Crippen LogP contribution in [0.25, 0.3) is 0 Å². The van der Waals surface area contributed by atoms with Crippen molar-refractivity contribution in [3.63, 3.8) is 0 Å². The van der Waals surface area contributed by atoms with Crippen molar-refractivity contribution in [1.29, 1.82) is 0 Å². The van der Waals surface area contributed by atoms with Crippen LogP contribution in [0.3, 0.4) is 0 Å². The van der Waals surface area contributed by atoms with Gasteiger partial charge in [-0.1, -0.05) is 20.2 Å². The molecule has 0 spiro atoms. The Morgan fingerprint density at radius 2 is 2.25 bits per heavy atom. The fraction of sp³-hybridized carbons (Fsp3) is 0.833. The molecule has 0 amide bonds. The lowest BCUT2D eigenvalue weighted by molar-refractivity contribution is -0.112. The lowest BCUT2D eigenvalue weighted by atomic mass is 9.73. The van der Waals surface area contributed by atoms with Crippen LogP contribution in [0, 0.1) is 5.41 Å². The molecule has 1 rings (SSSR count). The first kappa shape index (κ1) is 5.86. The minimum Gasteiger partial charge on any atom is -0.312 e. The smallest absolute Gasteiger partial charge is 0.205 e. The van der Waals surface area contributed by atoms with E-state index in [-0.39, 0.29) is 0 Å². The van der Waals surface area contributed by atoms with Gasteiger partial charge < -0.3 is 4.79 Å². The van der Waals surface area contributed by atoms with Gasteiger partial charge in [0.25, 0.3) is 0 Å². The van der Waals surface area contributed by atoms with Gasteiger partial charge in [0.15, 0.2) is 0 Å². The summed E-state index contributed by atoms with van der Waals surface area (Å²) in [6, 6.07) is 0. The second-order valence-corrected chi connectivity index (χ2v) is 3.38. The molecule has 2 heteroatoms. The Balaban J connectivity index is 2.56. The first-order chi connectivity index (χ1) is 3.60. The Morgan fingerprint density at radius 1 is 1.62 bits per heavy atom. The molecule has 0 bridgehead atoms. The molecule has 0 atom stereocenters. The molecular formula is C6H11BO. The van der Waals surface area contributed by atoms with E-state index in [4.69, 9.17) is 0 Å². The van der Waals surface area contributed by atoms with E-state index < -0.39 is 0 Å². The van der Waals surface area contributed by atoms with Crippen LogP contribution in [0.4, 0.5) is 0 Å². The summed E-state index contributed by atoms with van der Waals surface area (Å²) >= 11 is 0. The van der Waals surface area contributed by atoms with Crippen molar-refractivity contribution in [1.82, 2.24) is 0 Å². The molecule has 0 aromatic rings. The van der Waals surface area contributed by atoms with E-state index in [1.165, 1.54) is 0 Å². The Hall–Kier alpha value is -0.265. The number of rotatable bonds is 0. The highest BCUT2D eigenvalue weighted by molar-refractivity contribution is 6.75. The third kappa shape index (κ3) is 1.12. The van der Waals surface area contributed by atoms with Gasteiger partial charge in [-0.15, -0.1) is 0 Å². The molecule has 1 aliphatic rings. The van der Waals surface area contributed by atoms with Gasteiger partial charge in [-0.3, -0.25) is 0 Å². The first-order valence-corrected chi connectivity index (χ1v) is 3.12. The van der Waals surface area contributed by atoms with Gasteiger partial charge in [0.2, 0.25) is 7.28 Å². The molecule has 0 aliphatic carbocycles. The third-order valence-corrected chi connectivity index (χ3v) is 1.76. The predicted molar refractivity (Wildman–Crippen MR) is 35.4 cm³/mol.